The highest BCUT2D eigenvalue weighted by Crippen LogP contribution is 2.54. The molecule has 0 bridgehead atoms. The molecule has 10 heteroatoms. The van der Waals surface area contributed by atoms with Gasteiger partial charge in [-0.2, -0.15) is 0 Å². The molecule has 1 spiro atoms. The third-order valence-electron chi connectivity index (χ3n) is 11.0. The average Bonchev–Trinajstić information content (AvgIpc) is 3.23. The molecule has 0 saturated carbocycles. The topological polar surface area (TPSA) is 80.2 Å². The van der Waals surface area contributed by atoms with Gasteiger partial charge >= 0.3 is 5.97 Å². The maximum Gasteiger partial charge on any atom is 0.314 e. The molecule has 1 amide bonds. The smallest absolute Gasteiger partial charge is 0.314 e. The van der Waals surface area contributed by atoms with Crippen LogP contribution in [0, 0.1) is 17.3 Å². The molecular weight excluding hydrogens is 707 g/mol. The minimum Gasteiger partial charge on any atom is -0.459 e. The largest absolute Gasteiger partial charge is 0.459 e. The van der Waals surface area contributed by atoms with Gasteiger partial charge in [0, 0.05) is 28.9 Å². The van der Waals surface area contributed by atoms with E-state index in [1.165, 1.54) is 5.56 Å². The van der Waals surface area contributed by atoms with E-state index in [0.717, 1.165) is 38.6 Å². The summed E-state index contributed by atoms with van der Waals surface area (Å²) in [5.41, 5.74) is 1.31. The molecule has 0 aliphatic carbocycles. The predicted molar refractivity (Wildman–Crippen MR) is 225 cm³/mol. The minimum absolute atomic E-state index is 0.00652. The molecular formula is C42H55N3O4S3. The van der Waals surface area contributed by atoms with Crippen LogP contribution in [0.2, 0.25) is 0 Å². The molecule has 7 nitrogen and oxygen atoms in total. The molecule has 280 valence electrons. The summed E-state index contributed by atoms with van der Waals surface area (Å²) in [6.45, 7) is 20.6. The number of carbonyl (C=O) groups is 2. The summed E-state index contributed by atoms with van der Waals surface area (Å²) in [5.74, 6) is 0.820. The Morgan fingerprint density at radius 3 is 2.42 bits per heavy atom. The monoisotopic (exact) mass is 761 g/mol. The number of nitrogens with one attached hydrogen (secondary N) is 1. The molecule has 3 aromatic carbocycles. The van der Waals surface area contributed by atoms with E-state index in [1.54, 1.807) is 23.5 Å². The summed E-state index contributed by atoms with van der Waals surface area (Å²) in [7, 11) is 2.05. The zero-order chi connectivity index (χ0) is 38.2. The van der Waals surface area contributed by atoms with Crippen LogP contribution in [0.3, 0.4) is 0 Å². The highest BCUT2D eigenvalue weighted by molar-refractivity contribution is 8.47. The fourth-order valence-electron chi connectivity index (χ4n) is 7.30. The number of fused-ring (bicyclic) bond motifs is 4. The first-order chi connectivity index (χ1) is 24.3. The molecule has 3 unspecified atom stereocenters. The van der Waals surface area contributed by atoms with Crippen LogP contribution in [0.1, 0.15) is 94.1 Å². The Hall–Kier alpha value is -3.08. The summed E-state index contributed by atoms with van der Waals surface area (Å²) in [5, 5.41) is 4.94. The van der Waals surface area contributed by atoms with Crippen molar-refractivity contribution in [2.24, 2.45) is 22.2 Å². The van der Waals surface area contributed by atoms with E-state index in [2.05, 4.69) is 63.0 Å². The standard InChI is InChI=1S/C42H55N3O4S3/c1-12-13-22-51-38(50)52-41(9,10)32(36(46)44-26(2)3)24-39(5,6)27(4)37(47)48-29-20-18-28-19-21-34-35(30(28)23-29)43-25-42(49-34)40(7,8)31-16-14-15-17-33(31)45(42)11/h14-21,23,25-27,32H,12-13,22,24H2,1-11H3,(H,44,46). The number of aliphatic imine (C=N–C) groups is 1. The van der Waals surface area contributed by atoms with Crippen molar-refractivity contribution < 1.29 is 19.1 Å². The average molecular weight is 762 g/mol. The lowest BCUT2D eigenvalue weighted by Crippen LogP contribution is -2.61. The highest BCUT2D eigenvalue weighted by Gasteiger charge is 2.58. The first-order valence-electron chi connectivity index (χ1n) is 18.4. The van der Waals surface area contributed by atoms with Crippen LogP contribution in [-0.2, 0) is 15.0 Å². The van der Waals surface area contributed by atoms with E-state index in [9.17, 15) is 9.59 Å². The molecule has 2 aliphatic heterocycles. The summed E-state index contributed by atoms with van der Waals surface area (Å²) < 4.78 is 13.3. The molecule has 0 radical (unpaired) electrons. The zero-order valence-electron chi connectivity index (χ0n) is 32.6. The molecule has 3 atom stereocenters. The van der Waals surface area contributed by atoms with Gasteiger partial charge in [-0.3, -0.25) is 14.6 Å². The molecule has 2 heterocycles. The molecule has 0 saturated heterocycles. The second kappa shape index (κ2) is 15.3. The van der Waals surface area contributed by atoms with E-state index in [0.29, 0.717) is 23.6 Å². The summed E-state index contributed by atoms with van der Waals surface area (Å²) >= 11 is 9.02. The van der Waals surface area contributed by atoms with Gasteiger partial charge in [-0.05, 0) is 101 Å². The van der Waals surface area contributed by atoms with Crippen molar-refractivity contribution in [1.29, 1.82) is 0 Å². The molecule has 0 aromatic heterocycles. The number of nitrogens with zero attached hydrogens (tertiary/aromatic N) is 2. The quantitative estimate of drug-likeness (QED) is 0.0846. The van der Waals surface area contributed by atoms with Gasteiger partial charge in [0.1, 0.15) is 20.7 Å². The molecule has 0 fully saturated rings. The van der Waals surface area contributed by atoms with Gasteiger partial charge in [0.15, 0.2) is 0 Å². The van der Waals surface area contributed by atoms with Crippen LogP contribution >= 0.6 is 35.7 Å². The van der Waals surface area contributed by atoms with Crippen molar-refractivity contribution in [2.45, 2.75) is 110 Å². The fourth-order valence-corrected chi connectivity index (χ4v) is 10.7. The number of rotatable bonds is 12. The number of benzene rings is 3. The number of ether oxygens (including phenoxy) is 2. The SMILES string of the molecule is CCCCSC(=S)SC(C)(C)C(CC(C)(C)C(C)C(=O)Oc1ccc2ccc3c(c2c1)N=CC1(O3)N(C)c2ccccc2C1(C)C)C(=O)NC(C)C. The maximum atomic E-state index is 13.9. The number of carbonyl (C=O) groups excluding carboxylic acids is 2. The molecule has 5 rings (SSSR count). The Labute approximate surface area is 324 Å². The van der Waals surface area contributed by atoms with Gasteiger partial charge < -0.3 is 19.7 Å². The maximum absolute atomic E-state index is 13.9. The van der Waals surface area contributed by atoms with Crippen molar-refractivity contribution in [3.8, 4) is 11.5 Å². The van der Waals surface area contributed by atoms with Crippen molar-refractivity contribution in [3.05, 3.63) is 60.2 Å². The molecule has 1 N–H and O–H groups in total. The van der Waals surface area contributed by atoms with Crippen LogP contribution in [-0.4, -0.2) is 50.9 Å². The minimum atomic E-state index is -0.793. The molecule has 2 aliphatic rings. The lowest BCUT2D eigenvalue weighted by atomic mass is 9.70. The van der Waals surface area contributed by atoms with Crippen molar-refractivity contribution in [1.82, 2.24) is 5.32 Å². The van der Waals surface area contributed by atoms with Crippen LogP contribution < -0.4 is 19.7 Å². The van der Waals surface area contributed by atoms with E-state index >= 15 is 0 Å². The van der Waals surface area contributed by atoms with E-state index in [-0.39, 0.29) is 29.3 Å². The number of unbranched alkanes of at least 4 members (excludes halogenated alkanes) is 1. The Balaban J connectivity index is 1.36. The van der Waals surface area contributed by atoms with Crippen LogP contribution in [0.4, 0.5) is 11.4 Å². The normalized spacial score (nSPS) is 18.9. The first-order valence-corrected chi connectivity index (χ1v) is 20.6. The summed E-state index contributed by atoms with van der Waals surface area (Å²) in [4.78, 5) is 34.8. The van der Waals surface area contributed by atoms with E-state index in [1.807, 2.05) is 84.3 Å². The van der Waals surface area contributed by atoms with Gasteiger partial charge in [-0.15, -0.1) is 23.5 Å². The second-order valence-corrected chi connectivity index (χ2v) is 20.2. The number of likely N-dealkylation sites (N-methyl/N-ethyl adjacent to an activating group) is 1. The second-order valence-electron chi connectivity index (χ2n) is 16.3. The Kier molecular flexibility index (Phi) is 11.8. The van der Waals surface area contributed by atoms with Crippen molar-refractivity contribution in [2.75, 3.05) is 17.7 Å². The number of para-hydroxylation sites is 1. The third-order valence-corrected chi connectivity index (χ3v) is 13.9. The lowest BCUT2D eigenvalue weighted by molar-refractivity contribution is -0.143. The van der Waals surface area contributed by atoms with Crippen molar-refractivity contribution in [3.63, 3.8) is 0 Å². The Bertz CT molecular complexity index is 1870. The zero-order valence-corrected chi connectivity index (χ0v) is 35.0. The van der Waals surface area contributed by atoms with Crippen LogP contribution in [0.5, 0.6) is 11.5 Å². The fraction of sp³-hybridized carbons (Fsp3) is 0.524. The number of hydrogen-bond donors (Lipinski definition) is 1. The number of hydrogen-bond acceptors (Lipinski definition) is 9. The first kappa shape index (κ1) is 40.1. The van der Waals surface area contributed by atoms with E-state index in [4.69, 9.17) is 26.7 Å². The number of esters is 1. The van der Waals surface area contributed by atoms with Gasteiger partial charge in [-0.25, -0.2) is 0 Å². The highest BCUT2D eigenvalue weighted by atomic mass is 32.2. The third kappa shape index (κ3) is 7.76. The van der Waals surface area contributed by atoms with E-state index < -0.39 is 21.8 Å². The van der Waals surface area contributed by atoms with Crippen LogP contribution in [0.15, 0.2) is 59.6 Å². The van der Waals surface area contributed by atoms with Crippen molar-refractivity contribution >= 4 is 79.5 Å². The lowest BCUT2D eigenvalue weighted by Gasteiger charge is -2.45. The Morgan fingerprint density at radius 1 is 1.06 bits per heavy atom. The number of thioether (sulfide) groups is 2. The molecule has 52 heavy (non-hydrogen) atoms. The summed E-state index contributed by atoms with van der Waals surface area (Å²) in [6.07, 6.45) is 4.61. The van der Waals surface area contributed by atoms with Gasteiger partial charge in [-0.1, -0.05) is 76.7 Å². The van der Waals surface area contributed by atoms with Gasteiger partial charge in [0.05, 0.1) is 23.5 Å². The summed E-state index contributed by atoms with van der Waals surface area (Å²) in [6, 6.07) is 18.0. The predicted octanol–water partition coefficient (Wildman–Crippen LogP) is 10.5. The molecule has 3 aromatic rings. The van der Waals surface area contributed by atoms with Crippen LogP contribution in [0.25, 0.3) is 10.8 Å². The Morgan fingerprint density at radius 2 is 1.75 bits per heavy atom. The van der Waals surface area contributed by atoms with Gasteiger partial charge in [0.2, 0.25) is 11.6 Å². The van der Waals surface area contributed by atoms with Gasteiger partial charge in [0.25, 0.3) is 0 Å². The number of anilines is 1. The number of thiocarbonyl (C=S) groups is 1. The number of amides is 1.